The lowest BCUT2D eigenvalue weighted by Gasteiger charge is -1.96. The van der Waals surface area contributed by atoms with Crippen molar-refractivity contribution in [3.8, 4) is 0 Å². The van der Waals surface area contributed by atoms with Gasteiger partial charge in [-0.3, -0.25) is 9.78 Å². The highest BCUT2D eigenvalue weighted by molar-refractivity contribution is 7.08. The Morgan fingerprint density at radius 2 is 2.29 bits per heavy atom. The van der Waals surface area contributed by atoms with E-state index in [1.807, 2.05) is 0 Å². The van der Waals surface area contributed by atoms with Gasteiger partial charge >= 0.3 is 0 Å². The molecule has 14 heavy (non-hydrogen) atoms. The number of carbonyl (C=O) groups excluding carboxylic acids is 1. The molecule has 0 aliphatic heterocycles. The number of halogens is 1. The van der Waals surface area contributed by atoms with Crippen molar-refractivity contribution in [3.63, 3.8) is 0 Å². The number of aromatic nitrogens is 2. The van der Waals surface area contributed by atoms with Crippen LogP contribution in [-0.4, -0.2) is 15.1 Å². The van der Waals surface area contributed by atoms with Crippen LogP contribution in [0.3, 0.4) is 0 Å². The molecule has 0 aliphatic rings. The molecule has 0 radical (unpaired) electrons. The van der Waals surface area contributed by atoms with E-state index in [9.17, 15) is 4.79 Å². The van der Waals surface area contributed by atoms with Crippen molar-refractivity contribution in [2.24, 2.45) is 0 Å². The number of ketones is 1. The van der Waals surface area contributed by atoms with E-state index in [4.69, 9.17) is 11.6 Å². The molecule has 3 nitrogen and oxygen atoms in total. The Labute approximate surface area is 89.5 Å². The summed E-state index contributed by atoms with van der Waals surface area (Å²) in [5.41, 5.74) is 0.488. The Morgan fingerprint density at radius 3 is 2.93 bits per heavy atom. The summed E-state index contributed by atoms with van der Waals surface area (Å²) < 4.78 is 3.86. The van der Waals surface area contributed by atoms with Gasteiger partial charge in [-0.1, -0.05) is 11.6 Å². The first-order valence-corrected chi connectivity index (χ1v) is 4.98. The summed E-state index contributed by atoms with van der Waals surface area (Å²) >= 11 is 6.88. The van der Waals surface area contributed by atoms with Gasteiger partial charge in [-0.25, -0.2) is 4.37 Å². The van der Waals surface area contributed by atoms with Crippen LogP contribution in [0.2, 0.25) is 5.02 Å². The number of nitrogens with zero attached hydrogens (tertiary/aromatic N) is 2. The third-order valence-corrected chi connectivity index (χ3v) is 2.58. The van der Waals surface area contributed by atoms with Gasteiger partial charge in [0.2, 0.25) is 5.78 Å². The molecule has 5 heteroatoms. The van der Waals surface area contributed by atoms with E-state index in [-0.39, 0.29) is 5.78 Å². The molecule has 0 bridgehead atoms. The van der Waals surface area contributed by atoms with Crippen LogP contribution in [0.25, 0.3) is 0 Å². The lowest BCUT2D eigenvalue weighted by Crippen LogP contribution is -1.98. The average Bonchev–Trinajstić information content (AvgIpc) is 2.69. The van der Waals surface area contributed by atoms with Crippen molar-refractivity contribution in [1.82, 2.24) is 9.36 Å². The predicted octanol–water partition coefficient (Wildman–Crippen LogP) is 2.42. The maximum absolute atomic E-state index is 11.7. The topological polar surface area (TPSA) is 42.9 Å². The molecule has 2 rings (SSSR count). The maximum Gasteiger partial charge on any atom is 0.206 e. The van der Waals surface area contributed by atoms with E-state index in [0.29, 0.717) is 15.5 Å². The molecule has 0 saturated heterocycles. The van der Waals surface area contributed by atoms with Gasteiger partial charge in [0.05, 0.1) is 9.90 Å². The minimum absolute atomic E-state index is 0.0949. The van der Waals surface area contributed by atoms with Crippen molar-refractivity contribution in [2.75, 3.05) is 0 Å². The summed E-state index contributed by atoms with van der Waals surface area (Å²) in [5.74, 6) is -0.0949. The Morgan fingerprint density at radius 1 is 1.43 bits per heavy atom. The van der Waals surface area contributed by atoms with Crippen LogP contribution in [-0.2, 0) is 0 Å². The molecule has 2 heterocycles. The molecule has 0 aliphatic carbocycles. The fourth-order valence-electron chi connectivity index (χ4n) is 1.01. The van der Waals surface area contributed by atoms with E-state index in [0.717, 1.165) is 11.5 Å². The molecule has 0 spiro atoms. The van der Waals surface area contributed by atoms with Crippen LogP contribution in [0.5, 0.6) is 0 Å². The number of hydrogen-bond donors (Lipinski definition) is 0. The molecule has 0 N–H and O–H groups in total. The summed E-state index contributed by atoms with van der Waals surface area (Å²) in [7, 11) is 0. The van der Waals surface area contributed by atoms with Crippen molar-refractivity contribution < 1.29 is 4.79 Å². The summed E-state index contributed by atoms with van der Waals surface area (Å²) in [6, 6.07) is 3.27. The molecule has 70 valence electrons. The number of hydrogen-bond acceptors (Lipinski definition) is 4. The summed E-state index contributed by atoms with van der Waals surface area (Å²) in [4.78, 5) is 16.2. The minimum atomic E-state index is -0.0949. The first-order valence-electron chi connectivity index (χ1n) is 3.83. The second-order valence-electron chi connectivity index (χ2n) is 2.60. The van der Waals surface area contributed by atoms with Gasteiger partial charge in [-0.2, -0.15) is 0 Å². The van der Waals surface area contributed by atoms with E-state index in [1.165, 1.54) is 12.4 Å². The minimum Gasteiger partial charge on any atom is -0.288 e. The van der Waals surface area contributed by atoms with Gasteiger partial charge in [0.15, 0.2) is 0 Å². The first kappa shape index (κ1) is 9.30. The number of rotatable bonds is 2. The van der Waals surface area contributed by atoms with Crippen LogP contribution in [0, 0.1) is 0 Å². The highest BCUT2D eigenvalue weighted by atomic mass is 35.5. The van der Waals surface area contributed by atoms with Gasteiger partial charge in [0, 0.05) is 24.2 Å². The van der Waals surface area contributed by atoms with Crippen LogP contribution in [0.1, 0.15) is 15.2 Å². The zero-order chi connectivity index (χ0) is 9.97. The highest BCUT2D eigenvalue weighted by Crippen LogP contribution is 2.15. The van der Waals surface area contributed by atoms with E-state index in [1.54, 1.807) is 18.3 Å². The smallest absolute Gasteiger partial charge is 0.206 e. The zero-order valence-corrected chi connectivity index (χ0v) is 8.55. The number of carbonyl (C=O) groups is 1. The predicted molar refractivity (Wildman–Crippen MR) is 54.8 cm³/mol. The molecule has 0 fully saturated rings. The monoisotopic (exact) mass is 224 g/mol. The van der Waals surface area contributed by atoms with E-state index >= 15 is 0 Å². The molecule has 2 aromatic heterocycles. The lowest BCUT2D eigenvalue weighted by molar-refractivity contribution is 0.104. The fraction of sp³-hybridized carbons (Fsp3) is 0. The van der Waals surface area contributed by atoms with Gasteiger partial charge in [-0.15, -0.1) is 0 Å². The van der Waals surface area contributed by atoms with Gasteiger partial charge in [-0.05, 0) is 23.7 Å². The van der Waals surface area contributed by atoms with E-state index < -0.39 is 0 Å². The Kier molecular flexibility index (Phi) is 2.56. The van der Waals surface area contributed by atoms with Gasteiger partial charge in [0.25, 0.3) is 0 Å². The molecule has 2 aromatic rings. The summed E-state index contributed by atoms with van der Waals surface area (Å²) in [6.07, 6.45) is 4.58. The fourth-order valence-corrected chi connectivity index (χ4v) is 1.74. The van der Waals surface area contributed by atoms with E-state index in [2.05, 4.69) is 9.36 Å². The molecule has 0 amide bonds. The van der Waals surface area contributed by atoms with Crippen molar-refractivity contribution in [2.45, 2.75) is 0 Å². The third kappa shape index (κ3) is 1.81. The Balaban J connectivity index is 2.37. The van der Waals surface area contributed by atoms with Crippen LogP contribution < -0.4 is 0 Å². The van der Waals surface area contributed by atoms with Crippen LogP contribution in [0.15, 0.2) is 30.7 Å². The largest absolute Gasteiger partial charge is 0.288 e. The second-order valence-corrected chi connectivity index (χ2v) is 3.87. The van der Waals surface area contributed by atoms with Crippen LogP contribution >= 0.6 is 23.1 Å². The summed E-state index contributed by atoms with van der Waals surface area (Å²) in [6.45, 7) is 0. The van der Waals surface area contributed by atoms with Crippen LogP contribution in [0.4, 0.5) is 0 Å². The van der Waals surface area contributed by atoms with Gasteiger partial charge in [0.1, 0.15) is 0 Å². The number of pyridine rings is 1. The lowest BCUT2D eigenvalue weighted by atomic mass is 10.2. The third-order valence-electron chi connectivity index (χ3n) is 1.63. The molecule has 0 atom stereocenters. The molecule has 0 aromatic carbocycles. The second kappa shape index (κ2) is 3.86. The first-order chi connectivity index (χ1) is 6.77. The zero-order valence-electron chi connectivity index (χ0n) is 6.98. The van der Waals surface area contributed by atoms with Gasteiger partial charge < -0.3 is 0 Å². The summed E-state index contributed by atoms with van der Waals surface area (Å²) in [5, 5.41) is 0.459. The molecular formula is C9H5ClN2OS. The maximum atomic E-state index is 11.7. The van der Waals surface area contributed by atoms with Crippen molar-refractivity contribution in [3.05, 3.63) is 46.2 Å². The molecule has 0 saturated carbocycles. The normalized spacial score (nSPS) is 10.1. The van der Waals surface area contributed by atoms with Crippen molar-refractivity contribution >= 4 is 28.9 Å². The highest BCUT2D eigenvalue weighted by Gasteiger charge is 2.10. The Hall–Kier alpha value is -1.26. The average molecular weight is 225 g/mol. The molecular weight excluding hydrogens is 220 g/mol. The standard InChI is InChI=1S/C9H5ClN2OS/c10-7-3-6(4-11-5-7)9(13)8-1-2-12-14-8/h1-5H. The molecule has 0 unspecified atom stereocenters. The van der Waals surface area contributed by atoms with Crippen molar-refractivity contribution in [1.29, 1.82) is 0 Å². The Bertz CT molecular complexity index is 456. The SMILES string of the molecule is O=C(c1cncc(Cl)c1)c1ccns1. The quantitative estimate of drug-likeness (QED) is 0.736.